The van der Waals surface area contributed by atoms with Gasteiger partial charge in [0.2, 0.25) is 15.9 Å². The predicted molar refractivity (Wildman–Crippen MR) is 108 cm³/mol. The first-order valence-corrected chi connectivity index (χ1v) is 11.7. The van der Waals surface area contributed by atoms with Gasteiger partial charge in [-0.25, -0.2) is 8.42 Å². The molecular formula is C21H30N2O4S. The molecule has 2 aliphatic rings. The van der Waals surface area contributed by atoms with Crippen molar-refractivity contribution in [3.8, 4) is 0 Å². The highest BCUT2D eigenvalue weighted by atomic mass is 32.2. The molecule has 1 aromatic rings. The van der Waals surface area contributed by atoms with Crippen LogP contribution in [0.25, 0.3) is 0 Å². The fourth-order valence-electron chi connectivity index (χ4n) is 4.26. The van der Waals surface area contributed by atoms with Crippen molar-refractivity contribution in [2.75, 3.05) is 6.54 Å². The van der Waals surface area contributed by atoms with Gasteiger partial charge in [0.25, 0.3) is 0 Å². The molecule has 0 spiro atoms. The molecule has 1 saturated heterocycles. The SMILES string of the molecule is CC(=O)c1ccc(S(=O)(=O)N2CCCCC2C(=O)NC2CCCCC2C)cc1. The number of hydrogen-bond donors (Lipinski definition) is 1. The normalized spacial score (nSPS) is 26.6. The number of amides is 1. The fourth-order valence-corrected chi connectivity index (χ4v) is 5.92. The van der Waals surface area contributed by atoms with Crippen molar-refractivity contribution in [3.63, 3.8) is 0 Å². The highest BCUT2D eigenvalue weighted by molar-refractivity contribution is 7.89. The molecule has 6 nitrogen and oxygen atoms in total. The van der Waals surface area contributed by atoms with Crippen LogP contribution in [0.1, 0.15) is 69.2 Å². The van der Waals surface area contributed by atoms with Crippen LogP contribution >= 0.6 is 0 Å². The van der Waals surface area contributed by atoms with Gasteiger partial charge in [-0.15, -0.1) is 0 Å². The van der Waals surface area contributed by atoms with Crippen LogP contribution in [-0.2, 0) is 14.8 Å². The number of ketones is 1. The summed E-state index contributed by atoms with van der Waals surface area (Å²) in [5.74, 6) is 0.133. The van der Waals surface area contributed by atoms with Gasteiger partial charge < -0.3 is 5.32 Å². The molecule has 3 atom stereocenters. The summed E-state index contributed by atoms with van der Waals surface area (Å²) in [6.45, 7) is 3.94. The Kier molecular flexibility index (Phi) is 6.55. The van der Waals surface area contributed by atoms with Crippen LogP contribution in [0.15, 0.2) is 29.2 Å². The van der Waals surface area contributed by atoms with Gasteiger partial charge in [0.1, 0.15) is 6.04 Å². The van der Waals surface area contributed by atoms with Crippen molar-refractivity contribution in [2.45, 2.75) is 75.8 Å². The second-order valence-corrected chi connectivity index (χ2v) is 9.98. The van der Waals surface area contributed by atoms with E-state index in [4.69, 9.17) is 0 Å². The Morgan fingerprint density at radius 2 is 1.64 bits per heavy atom. The van der Waals surface area contributed by atoms with Gasteiger partial charge in [0, 0.05) is 18.2 Å². The number of benzene rings is 1. The Morgan fingerprint density at radius 1 is 1.00 bits per heavy atom. The summed E-state index contributed by atoms with van der Waals surface area (Å²) in [6, 6.07) is 5.43. The van der Waals surface area contributed by atoms with E-state index in [-0.39, 0.29) is 22.6 Å². The Balaban J connectivity index is 1.79. The minimum atomic E-state index is -3.79. The monoisotopic (exact) mass is 406 g/mol. The number of rotatable bonds is 5. The van der Waals surface area contributed by atoms with Gasteiger partial charge in [-0.1, -0.05) is 38.3 Å². The van der Waals surface area contributed by atoms with Crippen LogP contribution < -0.4 is 5.32 Å². The van der Waals surface area contributed by atoms with E-state index in [1.54, 1.807) is 0 Å². The second kappa shape index (κ2) is 8.74. The number of carbonyl (C=O) groups excluding carboxylic acids is 2. The molecule has 154 valence electrons. The van der Waals surface area contributed by atoms with Crippen LogP contribution in [0, 0.1) is 5.92 Å². The minimum Gasteiger partial charge on any atom is -0.352 e. The molecule has 1 aliphatic heterocycles. The average molecular weight is 407 g/mol. The van der Waals surface area contributed by atoms with Crippen LogP contribution in [-0.4, -0.2) is 43.0 Å². The van der Waals surface area contributed by atoms with E-state index in [0.29, 0.717) is 24.4 Å². The lowest BCUT2D eigenvalue weighted by atomic mass is 9.85. The van der Waals surface area contributed by atoms with Gasteiger partial charge in [0.05, 0.1) is 4.90 Å². The molecule has 1 saturated carbocycles. The van der Waals surface area contributed by atoms with Crippen molar-refractivity contribution >= 4 is 21.7 Å². The lowest BCUT2D eigenvalue weighted by Gasteiger charge is -2.36. The summed E-state index contributed by atoms with van der Waals surface area (Å²) in [5.41, 5.74) is 0.471. The van der Waals surface area contributed by atoms with Crippen LogP contribution in [0.2, 0.25) is 0 Å². The number of sulfonamides is 1. The quantitative estimate of drug-likeness (QED) is 0.762. The third-order valence-electron chi connectivity index (χ3n) is 6.06. The third-order valence-corrected chi connectivity index (χ3v) is 7.99. The van der Waals surface area contributed by atoms with Crippen molar-refractivity contribution < 1.29 is 18.0 Å². The molecule has 1 amide bonds. The summed E-state index contributed by atoms with van der Waals surface area (Å²) in [5, 5.41) is 3.13. The third kappa shape index (κ3) is 4.46. The molecular weight excluding hydrogens is 376 g/mol. The first kappa shape index (κ1) is 21.0. The number of hydrogen-bond acceptors (Lipinski definition) is 4. The Hall–Kier alpha value is -1.73. The van der Waals surface area contributed by atoms with Crippen molar-refractivity contribution in [1.82, 2.24) is 9.62 Å². The molecule has 1 heterocycles. The maximum atomic E-state index is 13.2. The molecule has 1 aliphatic carbocycles. The summed E-state index contributed by atoms with van der Waals surface area (Å²) in [7, 11) is -3.79. The highest BCUT2D eigenvalue weighted by Crippen LogP contribution is 2.28. The van der Waals surface area contributed by atoms with Crippen LogP contribution in [0.3, 0.4) is 0 Å². The summed E-state index contributed by atoms with van der Waals surface area (Å²) < 4.78 is 27.8. The van der Waals surface area contributed by atoms with E-state index in [1.165, 1.54) is 41.9 Å². The maximum absolute atomic E-state index is 13.2. The molecule has 0 aromatic heterocycles. The van der Waals surface area contributed by atoms with E-state index in [0.717, 1.165) is 32.1 Å². The molecule has 0 radical (unpaired) electrons. The van der Waals surface area contributed by atoms with E-state index in [2.05, 4.69) is 12.2 Å². The Bertz CT molecular complexity index is 819. The minimum absolute atomic E-state index is 0.110. The van der Waals surface area contributed by atoms with Gasteiger partial charge in [-0.3, -0.25) is 9.59 Å². The molecule has 7 heteroatoms. The number of nitrogens with zero attached hydrogens (tertiary/aromatic N) is 1. The Morgan fingerprint density at radius 3 is 2.29 bits per heavy atom. The molecule has 1 aromatic carbocycles. The average Bonchev–Trinajstić information content (AvgIpc) is 2.69. The lowest BCUT2D eigenvalue weighted by Crippen LogP contribution is -2.54. The molecule has 3 rings (SSSR count). The zero-order chi connectivity index (χ0) is 20.3. The smallest absolute Gasteiger partial charge is 0.243 e. The molecule has 3 unspecified atom stereocenters. The first-order chi connectivity index (χ1) is 13.3. The summed E-state index contributed by atoms with van der Waals surface area (Å²) in [6.07, 6.45) is 6.47. The van der Waals surface area contributed by atoms with Crippen LogP contribution in [0.5, 0.6) is 0 Å². The zero-order valence-corrected chi connectivity index (χ0v) is 17.5. The van der Waals surface area contributed by atoms with E-state index < -0.39 is 16.1 Å². The second-order valence-electron chi connectivity index (χ2n) is 8.08. The molecule has 2 fully saturated rings. The topological polar surface area (TPSA) is 83.6 Å². The van der Waals surface area contributed by atoms with Gasteiger partial charge in [0.15, 0.2) is 5.78 Å². The Labute approximate surface area is 167 Å². The maximum Gasteiger partial charge on any atom is 0.243 e. The van der Waals surface area contributed by atoms with Crippen molar-refractivity contribution in [1.29, 1.82) is 0 Å². The molecule has 0 bridgehead atoms. The summed E-state index contributed by atoms with van der Waals surface area (Å²) in [4.78, 5) is 24.6. The van der Waals surface area contributed by atoms with Gasteiger partial charge in [-0.05, 0) is 50.7 Å². The fraction of sp³-hybridized carbons (Fsp3) is 0.619. The van der Waals surface area contributed by atoms with E-state index in [9.17, 15) is 18.0 Å². The van der Waals surface area contributed by atoms with E-state index >= 15 is 0 Å². The first-order valence-electron chi connectivity index (χ1n) is 10.2. The van der Waals surface area contributed by atoms with E-state index in [1.807, 2.05) is 0 Å². The summed E-state index contributed by atoms with van der Waals surface area (Å²) >= 11 is 0. The highest BCUT2D eigenvalue weighted by Gasteiger charge is 2.38. The molecule has 28 heavy (non-hydrogen) atoms. The number of carbonyl (C=O) groups is 2. The van der Waals surface area contributed by atoms with Crippen LogP contribution in [0.4, 0.5) is 0 Å². The van der Waals surface area contributed by atoms with Crippen molar-refractivity contribution in [2.24, 2.45) is 5.92 Å². The number of nitrogens with one attached hydrogen (secondary N) is 1. The molecule has 1 N–H and O–H groups in total. The van der Waals surface area contributed by atoms with Crippen molar-refractivity contribution in [3.05, 3.63) is 29.8 Å². The number of Topliss-reactive ketones (excluding diaryl/α,β-unsaturated/α-hetero) is 1. The largest absolute Gasteiger partial charge is 0.352 e. The standard InChI is InChI=1S/C21H30N2O4S/c1-15-7-3-4-8-19(15)22-21(25)20-9-5-6-14-23(20)28(26,27)18-12-10-17(11-13-18)16(2)24/h10-13,15,19-20H,3-9,14H2,1-2H3,(H,22,25). The number of piperidine rings is 1. The predicted octanol–water partition coefficient (Wildman–Crippen LogP) is 3.13. The van der Waals surface area contributed by atoms with Gasteiger partial charge >= 0.3 is 0 Å². The lowest BCUT2D eigenvalue weighted by molar-refractivity contribution is -0.127. The zero-order valence-electron chi connectivity index (χ0n) is 16.7. The van der Waals surface area contributed by atoms with Gasteiger partial charge in [-0.2, -0.15) is 4.31 Å².